The lowest BCUT2D eigenvalue weighted by atomic mass is 10.2. The highest BCUT2D eigenvalue weighted by Crippen LogP contribution is 2.18. The summed E-state index contributed by atoms with van der Waals surface area (Å²) in [5, 5.41) is 18.4. The van der Waals surface area contributed by atoms with Crippen molar-refractivity contribution in [2.75, 3.05) is 0 Å². The monoisotopic (exact) mass is 402 g/mol. The van der Waals surface area contributed by atoms with E-state index >= 15 is 0 Å². The number of hydrogen-bond acceptors (Lipinski definition) is 5. The average molecular weight is 402 g/mol. The van der Waals surface area contributed by atoms with E-state index in [9.17, 15) is 14.7 Å². The van der Waals surface area contributed by atoms with E-state index in [1.165, 1.54) is 17.1 Å². The molecule has 0 unspecified atom stereocenters. The Bertz CT molecular complexity index is 1180. The van der Waals surface area contributed by atoms with Crippen LogP contribution in [0.3, 0.4) is 0 Å². The van der Waals surface area contributed by atoms with E-state index in [4.69, 9.17) is 0 Å². The third-order valence-electron chi connectivity index (χ3n) is 4.48. The maximum Gasteiger partial charge on any atom is 0.294 e. The third-order valence-corrected chi connectivity index (χ3v) is 4.48. The molecule has 0 bridgehead atoms. The molecule has 9 heteroatoms. The molecule has 0 aliphatic carbocycles. The molecule has 4 rings (SSSR count). The molecule has 2 aromatic heterocycles. The van der Waals surface area contributed by atoms with Gasteiger partial charge in [-0.15, -0.1) is 0 Å². The van der Waals surface area contributed by atoms with Crippen molar-refractivity contribution >= 4 is 11.8 Å². The van der Waals surface area contributed by atoms with Gasteiger partial charge in [-0.05, 0) is 31.2 Å². The van der Waals surface area contributed by atoms with Gasteiger partial charge >= 0.3 is 0 Å². The Hall–Kier alpha value is -4.40. The van der Waals surface area contributed by atoms with Crippen LogP contribution in [-0.2, 0) is 0 Å². The van der Waals surface area contributed by atoms with Crippen LogP contribution >= 0.6 is 0 Å². The summed E-state index contributed by atoms with van der Waals surface area (Å²) in [6.45, 7) is 1.75. The molecule has 0 radical (unpaired) electrons. The minimum atomic E-state index is -0.747. The van der Waals surface area contributed by atoms with Gasteiger partial charge in [0.05, 0.1) is 35.0 Å². The molecule has 0 saturated carbocycles. The van der Waals surface area contributed by atoms with Crippen LogP contribution in [0.4, 0.5) is 0 Å². The Morgan fingerprint density at radius 2 is 1.50 bits per heavy atom. The molecule has 0 aliphatic heterocycles. The zero-order chi connectivity index (χ0) is 21.1. The normalized spacial score (nSPS) is 10.6. The van der Waals surface area contributed by atoms with Crippen molar-refractivity contribution in [3.63, 3.8) is 0 Å². The van der Waals surface area contributed by atoms with Crippen molar-refractivity contribution in [3.05, 3.63) is 90.0 Å². The number of rotatable bonds is 4. The molecule has 4 aromatic rings. The number of aromatic hydroxyl groups is 1. The topological polar surface area (TPSA) is 114 Å². The molecule has 0 aliphatic rings. The van der Waals surface area contributed by atoms with Gasteiger partial charge in [0.15, 0.2) is 11.4 Å². The van der Waals surface area contributed by atoms with Gasteiger partial charge < -0.3 is 5.11 Å². The Morgan fingerprint density at radius 3 is 2.17 bits per heavy atom. The molecule has 30 heavy (non-hydrogen) atoms. The molecule has 0 spiro atoms. The summed E-state index contributed by atoms with van der Waals surface area (Å²) in [4.78, 5) is 24.9. The highest BCUT2D eigenvalue weighted by Gasteiger charge is 2.20. The van der Waals surface area contributed by atoms with Gasteiger partial charge in [0.1, 0.15) is 0 Å². The largest absolute Gasteiger partial charge is 0.504 e. The Kier molecular flexibility index (Phi) is 5.00. The molecule has 3 N–H and O–H groups in total. The van der Waals surface area contributed by atoms with Crippen LogP contribution in [0.2, 0.25) is 0 Å². The summed E-state index contributed by atoms with van der Waals surface area (Å²) >= 11 is 0. The van der Waals surface area contributed by atoms with E-state index < -0.39 is 11.8 Å². The third kappa shape index (κ3) is 3.63. The minimum Gasteiger partial charge on any atom is -0.504 e. The maximum absolute atomic E-state index is 12.5. The van der Waals surface area contributed by atoms with Gasteiger partial charge in [0.2, 0.25) is 0 Å². The summed E-state index contributed by atoms with van der Waals surface area (Å²) in [5.41, 5.74) is 6.80. The highest BCUT2D eigenvalue weighted by molar-refractivity contribution is 5.99. The van der Waals surface area contributed by atoms with Crippen LogP contribution in [-0.4, -0.2) is 36.5 Å². The molecule has 150 valence electrons. The van der Waals surface area contributed by atoms with E-state index in [0.29, 0.717) is 16.9 Å². The molecule has 2 aromatic carbocycles. The number of para-hydroxylation sites is 2. The molecule has 0 saturated heterocycles. The van der Waals surface area contributed by atoms with Crippen molar-refractivity contribution in [2.24, 2.45) is 0 Å². The number of benzene rings is 2. The Balaban J connectivity index is 1.45. The van der Waals surface area contributed by atoms with E-state index in [1.807, 2.05) is 48.5 Å². The first kappa shape index (κ1) is 18.9. The molecule has 9 nitrogen and oxygen atoms in total. The number of hydrazine groups is 1. The first-order valence-electron chi connectivity index (χ1n) is 9.09. The van der Waals surface area contributed by atoms with Gasteiger partial charge in [-0.25, -0.2) is 9.36 Å². The lowest BCUT2D eigenvalue weighted by Gasteiger charge is -2.07. The van der Waals surface area contributed by atoms with Gasteiger partial charge in [-0.1, -0.05) is 36.4 Å². The summed E-state index contributed by atoms with van der Waals surface area (Å²) in [7, 11) is 0. The second-order valence-corrected chi connectivity index (χ2v) is 6.44. The minimum absolute atomic E-state index is 0.212. The van der Waals surface area contributed by atoms with Gasteiger partial charge in [-0.3, -0.25) is 20.4 Å². The quantitative estimate of drug-likeness (QED) is 0.453. The number of hydrogen-bond donors (Lipinski definition) is 3. The number of carbonyl (C=O) groups is 2. The fourth-order valence-corrected chi connectivity index (χ4v) is 2.94. The summed E-state index contributed by atoms with van der Waals surface area (Å²) in [6.07, 6.45) is 2.74. The highest BCUT2D eigenvalue weighted by atomic mass is 16.3. The number of amides is 2. The standard InChI is InChI=1S/C21H18N6O3/c1-14-17(12-22-27(14)16-10-6-3-7-11-16)20(29)23-24-21(30)19-18(28)13-26(25-19)15-8-4-2-5-9-15/h2-13,28H,1H3,(H,23,29)(H,24,30). The van der Waals surface area contributed by atoms with Gasteiger partial charge in [-0.2, -0.15) is 10.2 Å². The van der Waals surface area contributed by atoms with E-state index in [1.54, 1.807) is 23.7 Å². The van der Waals surface area contributed by atoms with Crippen molar-refractivity contribution < 1.29 is 14.7 Å². The average Bonchev–Trinajstić information content (AvgIpc) is 3.36. The van der Waals surface area contributed by atoms with Gasteiger partial charge in [0.25, 0.3) is 11.8 Å². The van der Waals surface area contributed by atoms with Crippen molar-refractivity contribution in [1.29, 1.82) is 0 Å². The van der Waals surface area contributed by atoms with Crippen LogP contribution < -0.4 is 10.9 Å². The first-order valence-corrected chi connectivity index (χ1v) is 9.09. The zero-order valence-electron chi connectivity index (χ0n) is 16.0. The summed E-state index contributed by atoms with van der Waals surface area (Å²) in [6, 6.07) is 18.4. The van der Waals surface area contributed by atoms with Crippen LogP contribution in [0.1, 0.15) is 26.5 Å². The zero-order valence-corrected chi connectivity index (χ0v) is 16.0. The van der Waals surface area contributed by atoms with Crippen molar-refractivity contribution in [1.82, 2.24) is 30.4 Å². The van der Waals surface area contributed by atoms with Crippen LogP contribution in [0, 0.1) is 6.92 Å². The Labute approximate surface area is 171 Å². The lowest BCUT2D eigenvalue weighted by Crippen LogP contribution is -2.42. The summed E-state index contributed by atoms with van der Waals surface area (Å²) < 4.78 is 3.00. The fourth-order valence-electron chi connectivity index (χ4n) is 2.94. The van der Waals surface area contributed by atoms with Crippen LogP contribution in [0.25, 0.3) is 11.4 Å². The molecule has 0 fully saturated rings. The second-order valence-electron chi connectivity index (χ2n) is 6.44. The fraction of sp³-hybridized carbons (Fsp3) is 0.0476. The van der Waals surface area contributed by atoms with E-state index in [0.717, 1.165) is 5.69 Å². The summed E-state index contributed by atoms with van der Waals surface area (Å²) in [5.74, 6) is -1.59. The predicted octanol–water partition coefficient (Wildman–Crippen LogP) is 2.15. The SMILES string of the molecule is Cc1c(C(=O)NNC(=O)c2nn(-c3ccccc3)cc2O)cnn1-c1ccccc1. The van der Waals surface area contributed by atoms with Crippen LogP contribution in [0.15, 0.2) is 73.1 Å². The molecule has 2 heterocycles. The number of aromatic nitrogens is 4. The first-order chi connectivity index (χ1) is 14.5. The Morgan fingerprint density at radius 1 is 0.900 bits per heavy atom. The van der Waals surface area contributed by atoms with E-state index in [-0.39, 0.29) is 11.4 Å². The van der Waals surface area contributed by atoms with Crippen molar-refractivity contribution in [3.8, 4) is 17.1 Å². The maximum atomic E-state index is 12.5. The lowest BCUT2D eigenvalue weighted by molar-refractivity contribution is 0.0841. The van der Waals surface area contributed by atoms with Gasteiger partial charge in [0, 0.05) is 0 Å². The molecule has 2 amide bonds. The van der Waals surface area contributed by atoms with E-state index in [2.05, 4.69) is 21.0 Å². The number of carbonyl (C=O) groups excluding carboxylic acids is 2. The molecular weight excluding hydrogens is 384 g/mol. The number of nitrogens with one attached hydrogen (secondary N) is 2. The smallest absolute Gasteiger partial charge is 0.294 e. The molecular formula is C21H18N6O3. The van der Waals surface area contributed by atoms with Crippen molar-refractivity contribution in [2.45, 2.75) is 6.92 Å². The second kappa shape index (κ2) is 7.92. The predicted molar refractivity (Wildman–Crippen MR) is 108 cm³/mol. The van der Waals surface area contributed by atoms with Crippen LogP contribution in [0.5, 0.6) is 5.75 Å². The number of nitrogens with zero attached hydrogens (tertiary/aromatic N) is 4. The molecule has 0 atom stereocenters.